The van der Waals surface area contributed by atoms with E-state index in [-0.39, 0.29) is 19.3 Å². The van der Waals surface area contributed by atoms with Crippen LogP contribution in [-0.2, 0) is 9.53 Å². The summed E-state index contributed by atoms with van der Waals surface area (Å²) >= 11 is 6.05. The summed E-state index contributed by atoms with van der Waals surface area (Å²) in [6, 6.07) is 6.88. The van der Waals surface area contributed by atoms with Gasteiger partial charge in [0.25, 0.3) is 0 Å². The first-order chi connectivity index (χ1) is 10.5. The number of aliphatic imine (C=N–C) groups is 1. The maximum absolute atomic E-state index is 12.3. The number of esters is 1. The van der Waals surface area contributed by atoms with E-state index in [9.17, 15) is 4.79 Å². The Labute approximate surface area is 134 Å². The molecule has 0 aliphatic carbocycles. The van der Waals surface area contributed by atoms with Gasteiger partial charge in [-0.25, -0.2) is 0 Å². The van der Waals surface area contributed by atoms with Gasteiger partial charge in [-0.15, -0.1) is 0 Å². The van der Waals surface area contributed by atoms with E-state index >= 15 is 0 Å². The van der Waals surface area contributed by atoms with Crippen LogP contribution >= 0.6 is 11.6 Å². The molecule has 6 heteroatoms. The van der Waals surface area contributed by atoms with Crippen molar-refractivity contribution >= 4 is 29.0 Å². The lowest BCUT2D eigenvalue weighted by Crippen LogP contribution is -2.42. The number of aliphatic hydroxyl groups is 1. The molecule has 0 amide bonds. The number of nitrogens with zero attached hydrogens (tertiary/aromatic N) is 1. The summed E-state index contributed by atoms with van der Waals surface area (Å²) in [5.74, 6) is -1.58. The number of nitrogens with one attached hydrogen (secondary N) is 1. The minimum absolute atomic E-state index is 0.0617. The third-order valence-electron chi connectivity index (χ3n) is 3.76. The molecule has 0 spiro atoms. The Morgan fingerprint density at radius 1 is 1.50 bits per heavy atom. The minimum atomic E-state index is -0.659. The Morgan fingerprint density at radius 2 is 2.23 bits per heavy atom. The summed E-state index contributed by atoms with van der Waals surface area (Å²) in [6.07, 6.45) is 0. The van der Waals surface area contributed by atoms with Crippen molar-refractivity contribution in [3.8, 4) is 0 Å². The number of aliphatic hydroxyl groups excluding tert-OH is 1. The van der Waals surface area contributed by atoms with Crippen LogP contribution in [0, 0.1) is 11.3 Å². The van der Waals surface area contributed by atoms with Gasteiger partial charge < -0.3 is 15.3 Å². The van der Waals surface area contributed by atoms with Gasteiger partial charge in [-0.3, -0.25) is 9.79 Å². The van der Waals surface area contributed by atoms with Gasteiger partial charge in [0.15, 0.2) is 0 Å². The van der Waals surface area contributed by atoms with Crippen LogP contribution in [0.15, 0.2) is 29.3 Å². The number of carbonyl (C=O) groups excluding carboxylic acids is 1. The number of halogens is 1. The van der Waals surface area contributed by atoms with E-state index in [1.807, 2.05) is 13.0 Å². The summed E-state index contributed by atoms with van der Waals surface area (Å²) in [6.45, 7) is 3.31. The van der Waals surface area contributed by atoms with Gasteiger partial charge >= 0.3 is 5.97 Å². The van der Waals surface area contributed by atoms with Crippen molar-refractivity contribution in [3.63, 3.8) is 0 Å². The number of ether oxygens (including phenoxy) is 1. The first kappa shape index (κ1) is 16.6. The number of hydrogen-bond acceptors (Lipinski definition) is 5. The molecule has 0 saturated heterocycles. The van der Waals surface area contributed by atoms with Gasteiger partial charge in [-0.2, -0.15) is 0 Å². The standard InChI is InChI=1S/C16H19ClN2O3/c1-9-13(16(21)22-7-6-20)14(15(18)10(2)19-9)11-4-3-5-12(17)8-11/h3-5,8,10,13-14,18,20H,6-7H2,1-2H3. The molecule has 1 aromatic rings. The predicted molar refractivity (Wildman–Crippen MR) is 86.0 cm³/mol. The van der Waals surface area contributed by atoms with E-state index < -0.39 is 17.8 Å². The number of carbonyl (C=O) groups is 1. The van der Waals surface area contributed by atoms with Crippen LogP contribution in [-0.4, -0.2) is 41.8 Å². The molecule has 1 aromatic carbocycles. The quantitative estimate of drug-likeness (QED) is 0.835. The fraction of sp³-hybridized carbons (Fsp3) is 0.438. The lowest BCUT2D eigenvalue weighted by Gasteiger charge is -2.33. The number of hydrogen-bond donors (Lipinski definition) is 2. The average molecular weight is 323 g/mol. The Morgan fingerprint density at radius 3 is 2.86 bits per heavy atom. The van der Waals surface area contributed by atoms with E-state index in [4.69, 9.17) is 26.9 Å². The van der Waals surface area contributed by atoms with Crippen LogP contribution in [0.1, 0.15) is 25.3 Å². The molecular formula is C16H19ClN2O3. The molecular weight excluding hydrogens is 304 g/mol. The van der Waals surface area contributed by atoms with Gasteiger partial charge in [-0.05, 0) is 31.5 Å². The Hall–Kier alpha value is -1.72. The third-order valence-corrected chi connectivity index (χ3v) is 4.00. The molecule has 0 bridgehead atoms. The zero-order chi connectivity index (χ0) is 16.3. The van der Waals surface area contributed by atoms with Crippen LogP contribution in [0.4, 0.5) is 0 Å². The first-order valence-electron chi connectivity index (χ1n) is 7.11. The van der Waals surface area contributed by atoms with Gasteiger partial charge in [0, 0.05) is 22.4 Å². The predicted octanol–water partition coefficient (Wildman–Crippen LogP) is 2.46. The number of benzene rings is 1. The molecule has 0 saturated carbocycles. The zero-order valence-electron chi connectivity index (χ0n) is 12.5. The van der Waals surface area contributed by atoms with Crippen LogP contribution in [0.5, 0.6) is 0 Å². The number of rotatable bonds is 4. The van der Waals surface area contributed by atoms with Gasteiger partial charge in [0.05, 0.1) is 12.6 Å². The minimum Gasteiger partial charge on any atom is -0.463 e. The van der Waals surface area contributed by atoms with E-state index in [2.05, 4.69) is 4.99 Å². The highest BCUT2D eigenvalue weighted by atomic mass is 35.5. The third kappa shape index (κ3) is 3.36. The summed E-state index contributed by atoms with van der Waals surface area (Å²) in [5, 5.41) is 17.7. The van der Waals surface area contributed by atoms with Crippen molar-refractivity contribution < 1.29 is 14.6 Å². The monoisotopic (exact) mass is 322 g/mol. The van der Waals surface area contributed by atoms with Crippen molar-refractivity contribution in [2.75, 3.05) is 13.2 Å². The molecule has 2 N–H and O–H groups in total. The van der Waals surface area contributed by atoms with E-state index in [1.54, 1.807) is 25.1 Å². The fourth-order valence-electron chi connectivity index (χ4n) is 2.75. The van der Waals surface area contributed by atoms with Crippen LogP contribution < -0.4 is 0 Å². The van der Waals surface area contributed by atoms with Crippen molar-refractivity contribution in [2.45, 2.75) is 25.8 Å². The molecule has 2 rings (SSSR count). The maximum atomic E-state index is 12.3. The first-order valence-corrected chi connectivity index (χ1v) is 7.49. The van der Waals surface area contributed by atoms with Gasteiger partial charge in [0.1, 0.15) is 12.5 Å². The molecule has 3 unspecified atom stereocenters. The molecule has 5 nitrogen and oxygen atoms in total. The van der Waals surface area contributed by atoms with E-state index in [0.29, 0.717) is 16.4 Å². The molecule has 0 aromatic heterocycles. The van der Waals surface area contributed by atoms with Crippen LogP contribution in [0.2, 0.25) is 5.02 Å². The highest BCUT2D eigenvalue weighted by Gasteiger charge is 2.41. The normalized spacial score (nSPS) is 24.8. The second-order valence-electron chi connectivity index (χ2n) is 5.30. The molecule has 3 atom stereocenters. The van der Waals surface area contributed by atoms with Crippen molar-refractivity contribution in [3.05, 3.63) is 34.9 Å². The Bertz CT molecular complexity index is 615. The second-order valence-corrected chi connectivity index (χ2v) is 5.74. The van der Waals surface area contributed by atoms with Gasteiger partial charge in [0.2, 0.25) is 0 Å². The van der Waals surface area contributed by atoms with Crippen LogP contribution in [0.25, 0.3) is 0 Å². The van der Waals surface area contributed by atoms with Crippen LogP contribution in [0.3, 0.4) is 0 Å². The van der Waals surface area contributed by atoms with E-state index in [1.165, 1.54) is 0 Å². The molecule has 1 heterocycles. The Balaban J connectivity index is 2.43. The highest BCUT2D eigenvalue weighted by Crippen LogP contribution is 2.34. The Kier molecular flexibility index (Phi) is 5.32. The topological polar surface area (TPSA) is 82.7 Å². The SMILES string of the molecule is CC1=NC(C)C(=N)C(c2cccc(Cl)c2)C1C(=O)OCCO. The molecule has 0 fully saturated rings. The van der Waals surface area contributed by atoms with E-state index in [0.717, 1.165) is 5.56 Å². The smallest absolute Gasteiger partial charge is 0.315 e. The summed E-state index contributed by atoms with van der Waals surface area (Å²) < 4.78 is 5.07. The summed E-state index contributed by atoms with van der Waals surface area (Å²) in [5.41, 5.74) is 1.79. The maximum Gasteiger partial charge on any atom is 0.315 e. The largest absolute Gasteiger partial charge is 0.463 e. The van der Waals surface area contributed by atoms with Crippen molar-refractivity contribution in [1.29, 1.82) is 5.41 Å². The lowest BCUT2D eigenvalue weighted by molar-refractivity contribution is -0.147. The second kappa shape index (κ2) is 7.03. The van der Waals surface area contributed by atoms with Crippen molar-refractivity contribution in [1.82, 2.24) is 0 Å². The van der Waals surface area contributed by atoms with Crippen molar-refractivity contribution in [2.24, 2.45) is 10.9 Å². The zero-order valence-corrected chi connectivity index (χ0v) is 13.3. The lowest BCUT2D eigenvalue weighted by atomic mass is 9.76. The van der Waals surface area contributed by atoms with Gasteiger partial charge in [-0.1, -0.05) is 23.7 Å². The average Bonchev–Trinajstić information content (AvgIpc) is 2.48. The summed E-state index contributed by atoms with van der Waals surface area (Å²) in [4.78, 5) is 16.7. The fourth-order valence-corrected chi connectivity index (χ4v) is 2.95. The molecule has 1 aliphatic rings. The molecule has 0 radical (unpaired) electrons. The highest BCUT2D eigenvalue weighted by molar-refractivity contribution is 6.30. The molecule has 1 aliphatic heterocycles. The molecule has 118 valence electrons. The molecule has 22 heavy (non-hydrogen) atoms. The summed E-state index contributed by atoms with van der Waals surface area (Å²) in [7, 11) is 0.